The van der Waals surface area contributed by atoms with Crippen LogP contribution in [-0.4, -0.2) is 73.0 Å². The number of para-hydroxylation sites is 1. The molecule has 3 heterocycles. The first-order chi connectivity index (χ1) is 16.6. The number of nitrogens with zero attached hydrogens (tertiary/aromatic N) is 7. The van der Waals surface area contributed by atoms with Crippen molar-refractivity contribution < 1.29 is 9.59 Å². The highest BCUT2D eigenvalue weighted by atomic mass is 16.2. The summed E-state index contributed by atoms with van der Waals surface area (Å²) < 4.78 is 1.40. The first-order valence-electron chi connectivity index (χ1n) is 11.3. The average Bonchev–Trinajstić information content (AvgIpc) is 3.38. The Bertz CT molecular complexity index is 1310. The lowest BCUT2D eigenvalue weighted by Gasteiger charge is -2.35. The molecule has 9 nitrogen and oxygen atoms in total. The van der Waals surface area contributed by atoms with Gasteiger partial charge >= 0.3 is 0 Å². The van der Waals surface area contributed by atoms with Crippen molar-refractivity contribution in [2.75, 3.05) is 26.2 Å². The summed E-state index contributed by atoms with van der Waals surface area (Å²) in [4.78, 5) is 34.2. The highest BCUT2D eigenvalue weighted by Gasteiger charge is 2.26. The Hall–Kier alpha value is -4.14. The summed E-state index contributed by atoms with van der Waals surface area (Å²) in [5.74, 6) is -0.00901. The van der Waals surface area contributed by atoms with Gasteiger partial charge in [0.25, 0.3) is 0 Å². The maximum atomic E-state index is 13.3. The SMILES string of the molecule is Cc1nc2ccccc2c(-c2ccccc2)c1CC(=O)N1CCN(C(=O)Cn2cnnn2)CC1. The van der Waals surface area contributed by atoms with Crippen LogP contribution in [0.15, 0.2) is 60.9 Å². The molecule has 9 heteroatoms. The molecule has 1 fully saturated rings. The zero-order valence-corrected chi connectivity index (χ0v) is 19.0. The van der Waals surface area contributed by atoms with Gasteiger partial charge in [0.05, 0.1) is 11.9 Å². The molecule has 0 saturated carbocycles. The molecule has 4 aromatic rings. The second-order valence-corrected chi connectivity index (χ2v) is 8.38. The maximum absolute atomic E-state index is 13.3. The molecular formula is C25H25N7O2. The third kappa shape index (κ3) is 4.36. The van der Waals surface area contributed by atoms with Gasteiger partial charge in [-0.2, -0.15) is 0 Å². The third-order valence-electron chi connectivity index (χ3n) is 6.26. The normalized spacial score (nSPS) is 13.9. The van der Waals surface area contributed by atoms with E-state index in [1.165, 1.54) is 11.0 Å². The van der Waals surface area contributed by atoms with Gasteiger partial charge in [-0.15, -0.1) is 5.10 Å². The number of aromatic nitrogens is 5. The van der Waals surface area contributed by atoms with Gasteiger partial charge in [-0.1, -0.05) is 48.5 Å². The van der Waals surface area contributed by atoms with Crippen molar-refractivity contribution in [1.82, 2.24) is 35.0 Å². The topological polar surface area (TPSA) is 97.1 Å². The summed E-state index contributed by atoms with van der Waals surface area (Å²) in [5, 5.41) is 11.9. The molecule has 0 N–H and O–H groups in total. The van der Waals surface area contributed by atoms with Gasteiger partial charge in [-0.05, 0) is 40.1 Å². The number of tetrazole rings is 1. The number of carbonyl (C=O) groups is 2. The van der Waals surface area contributed by atoms with E-state index in [-0.39, 0.29) is 24.8 Å². The zero-order chi connectivity index (χ0) is 23.5. The summed E-state index contributed by atoms with van der Waals surface area (Å²) in [7, 11) is 0. The Kier molecular flexibility index (Phi) is 5.99. The van der Waals surface area contributed by atoms with E-state index in [0.29, 0.717) is 26.2 Å². The minimum absolute atomic E-state index is 0.0462. The summed E-state index contributed by atoms with van der Waals surface area (Å²) in [6.45, 7) is 4.06. The average molecular weight is 456 g/mol. The Morgan fingerprint density at radius 3 is 2.26 bits per heavy atom. The van der Waals surface area contributed by atoms with E-state index in [0.717, 1.165) is 33.3 Å². The number of carbonyl (C=O) groups excluding carboxylic acids is 2. The van der Waals surface area contributed by atoms with Crippen LogP contribution in [0.3, 0.4) is 0 Å². The molecule has 34 heavy (non-hydrogen) atoms. The molecule has 0 aliphatic carbocycles. The van der Waals surface area contributed by atoms with Gasteiger partial charge in [0.1, 0.15) is 12.9 Å². The number of aryl methyl sites for hydroxylation is 1. The summed E-state index contributed by atoms with van der Waals surface area (Å²) >= 11 is 0. The molecule has 0 bridgehead atoms. The number of rotatable bonds is 5. The van der Waals surface area contributed by atoms with Crippen LogP contribution >= 0.6 is 0 Å². The molecule has 2 aromatic carbocycles. The molecule has 0 spiro atoms. The van der Waals surface area contributed by atoms with E-state index in [2.05, 4.69) is 33.7 Å². The number of hydrogen-bond donors (Lipinski definition) is 0. The van der Waals surface area contributed by atoms with Crippen LogP contribution in [0.1, 0.15) is 11.3 Å². The van der Waals surface area contributed by atoms with Crippen molar-refractivity contribution in [3.8, 4) is 11.1 Å². The Labute approximate surface area is 197 Å². The van der Waals surface area contributed by atoms with Crippen LogP contribution < -0.4 is 0 Å². The lowest BCUT2D eigenvalue weighted by molar-refractivity contribution is -0.139. The van der Waals surface area contributed by atoms with Crippen molar-refractivity contribution in [3.63, 3.8) is 0 Å². The van der Waals surface area contributed by atoms with Crippen LogP contribution in [-0.2, 0) is 22.6 Å². The Morgan fingerprint density at radius 1 is 0.882 bits per heavy atom. The molecule has 2 amide bonds. The van der Waals surface area contributed by atoms with E-state index in [1.807, 2.05) is 48.2 Å². The van der Waals surface area contributed by atoms with Crippen molar-refractivity contribution in [2.45, 2.75) is 19.9 Å². The number of benzene rings is 2. The molecule has 0 radical (unpaired) electrons. The van der Waals surface area contributed by atoms with E-state index in [4.69, 9.17) is 4.98 Å². The van der Waals surface area contributed by atoms with Gasteiger partial charge in [0.15, 0.2) is 0 Å². The molecule has 5 rings (SSSR count). The number of fused-ring (bicyclic) bond motifs is 1. The lowest BCUT2D eigenvalue weighted by atomic mass is 9.92. The highest BCUT2D eigenvalue weighted by molar-refractivity contribution is 5.98. The molecule has 1 aliphatic rings. The number of piperazine rings is 1. The molecule has 1 saturated heterocycles. The molecule has 0 unspecified atom stereocenters. The van der Waals surface area contributed by atoms with Crippen LogP contribution in [0, 0.1) is 6.92 Å². The van der Waals surface area contributed by atoms with Crippen molar-refractivity contribution in [1.29, 1.82) is 0 Å². The van der Waals surface area contributed by atoms with Crippen molar-refractivity contribution in [3.05, 3.63) is 72.2 Å². The molecular weight excluding hydrogens is 430 g/mol. The molecule has 0 atom stereocenters. The van der Waals surface area contributed by atoms with Crippen molar-refractivity contribution >= 4 is 22.7 Å². The molecule has 1 aliphatic heterocycles. The van der Waals surface area contributed by atoms with Gasteiger partial charge < -0.3 is 9.80 Å². The largest absolute Gasteiger partial charge is 0.339 e. The predicted octanol–water partition coefficient (Wildman–Crippen LogP) is 2.11. The third-order valence-corrected chi connectivity index (χ3v) is 6.26. The van der Waals surface area contributed by atoms with E-state index in [9.17, 15) is 9.59 Å². The first-order valence-corrected chi connectivity index (χ1v) is 11.3. The van der Waals surface area contributed by atoms with Crippen LogP contribution in [0.25, 0.3) is 22.0 Å². The first kappa shape index (κ1) is 21.7. The minimum Gasteiger partial charge on any atom is -0.339 e. The van der Waals surface area contributed by atoms with Crippen LogP contribution in [0.4, 0.5) is 0 Å². The fraction of sp³-hybridized carbons (Fsp3) is 0.280. The maximum Gasteiger partial charge on any atom is 0.244 e. The fourth-order valence-electron chi connectivity index (χ4n) is 4.48. The number of amides is 2. The van der Waals surface area contributed by atoms with E-state index in [1.54, 1.807) is 4.90 Å². The monoisotopic (exact) mass is 455 g/mol. The Morgan fingerprint density at radius 2 is 1.56 bits per heavy atom. The molecule has 172 valence electrons. The van der Waals surface area contributed by atoms with Gasteiger partial charge in [0, 0.05) is 37.3 Å². The van der Waals surface area contributed by atoms with E-state index >= 15 is 0 Å². The number of hydrogen-bond acceptors (Lipinski definition) is 6. The summed E-state index contributed by atoms with van der Waals surface area (Å²) in [6, 6.07) is 18.2. The smallest absolute Gasteiger partial charge is 0.244 e. The minimum atomic E-state index is -0.0552. The predicted molar refractivity (Wildman–Crippen MR) is 127 cm³/mol. The second-order valence-electron chi connectivity index (χ2n) is 8.38. The fourth-order valence-corrected chi connectivity index (χ4v) is 4.48. The standard InChI is InChI=1S/C25H25N7O2/c1-18-21(25(19-7-3-2-4-8-19)20-9-5-6-10-22(20)27-18)15-23(33)30-11-13-31(14-12-30)24(34)16-32-17-26-28-29-32/h2-10,17H,11-16H2,1H3. The van der Waals surface area contributed by atoms with Crippen LogP contribution in [0.2, 0.25) is 0 Å². The molecule has 2 aromatic heterocycles. The van der Waals surface area contributed by atoms with Crippen LogP contribution in [0.5, 0.6) is 0 Å². The summed E-state index contributed by atoms with van der Waals surface area (Å²) in [5.41, 5.74) is 4.87. The second kappa shape index (κ2) is 9.38. The zero-order valence-electron chi connectivity index (χ0n) is 19.0. The Balaban J connectivity index is 1.34. The lowest BCUT2D eigenvalue weighted by Crippen LogP contribution is -2.51. The summed E-state index contributed by atoms with van der Waals surface area (Å²) in [6.07, 6.45) is 1.69. The van der Waals surface area contributed by atoms with Gasteiger partial charge in [-0.3, -0.25) is 14.6 Å². The quantitative estimate of drug-likeness (QED) is 0.457. The highest BCUT2D eigenvalue weighted by Crippen LogP contribution is 2.33. The van der Waals surface area contributed by atoms with Gasteiger partial charge in [0.2, 0.25) is 11.8 Å². The van der Waals surface area contributed by atoms with Crippen molar-refractivity contribution in [2.24, 2.45) is 0 Å². The van der Waals surface area contributed by atoms with Gasteiger partial charge in [-0.25, -0.2) is 4.68 Å². The van der Waals surface area contributed by atoms with E-state index < -0.39 is 0 Å². The number of pyridine rings is 1.